The summed E-state index contributed by atoms with van der Waals surface area (Å²) in [4.78, 5) is 14.8. The molecule has 0 aliphatic heterocycles. The van der Waals surface area contributed by atoms with Crippen molar-refractivity contribution in [1.82, 2.24) is 4.90 Å². The Morgan fingerprint density at radius 3 is 2.73 bits per heavy atom. The lowest BCUT2D eigenvalue weighted by Gasteiger charge is -2.18. The van der Waals surface area contributed by atoms with Gasteiger partial charge in [-0.2, -0.15) is 0 Å². The molecule has 6 heteroatoms. The Kier molecular flexibility index (Phi) is 5.20. The van der Waals surface area contributed by atoms with Crippen LogP contribution in [0.2, 0.25) is 5.02 Å². The Labute approximate surface area is 156 Å². The van der Waals surface area contributed by atoms with Gasteiger partial charge in [-0.05, 0) is 42.9 Å². The van der Waals surface area contributed by atoms with Crippen LogP contribution in [0.3, 0.4) is 0 Å². The quantitative estimate of drug-likeness (QED) is 0.526. The molecule has 0 amide bonds. The van der Waals surface area contributed by atoms with Crippen molar-refractivity contribution in [2.24, 2.45) is 0 Å². The minimum Gasteiger partial charge on any atom is -0.508 e. The Morgan fingerprint density at radius 2 is 2.00 bits per heavy atom. The number of nitrogen functional groups attached to an aromatic ring is 1. The molecule has 0 spiro atoms. The van der Waals surface area contributed by atoms with E-state index < -0.39 is 5.63 Å². The average Bonchev–Trinajstić information content (AvgIpc) is 2.61. The van der Waals surface area contributed by atoms with Crippen molar-refractivity contribution >= 4 is 28.3 Å². The molecule has 136 valence electrons. The zero-order chi connectivity index (χ0) is 18.8. The van der Waals surface area contributed by atoms with Crippen LogP contribution in [-0.2, 0) is 13.0 Å². The number of halogens is 1. The van der Waals surface area contributed by atoms with Gasteiger partial charge < -0.3 is 20.2 Å². The number of phenolic OH excluding ortho intramolecular Hbond substituents is 1. The van der Waals surface area contributed by atoms with E-state index >= 15 is 0 Å². The van der Waals surface area contributed by atoms with Gasteiger partial charge in [0.2, 0.25) is 0 Å². The second-order valence-electron chi connectivity index (χ2n) is 6.35. The third kappa shape index (κ3) is 3.54. The van der Waals surface area contributed by atoms with Gasteiger partial charge in [0.05, 0.1) is 10.7 Å². The minimum absolute atomic E-state index is 0.0575. The molecule has 0 saturated heterocycles. The molecule has 0 radical (unpaired) electrons. The average molecular weight is 373 g/mol. The Hall–Kier alpha value is -2.50. The fourth-order valence-corrected chi connectivity index (χ4v) is 3.15. The van der Waals surface area contributed by atoms with Crippen LogP contribution in [-0.4, -0.2) is 23.6 Å². The SMILES string of the molecule is CCN(C)Cc1c(Cc2cccc(N)c2Cl)c(=O)oc2cc(O)ccc12. The molecule has 0 aliphatic rings. The zero-order valence-electron chi connectivity index (χ0n) is 14.8. The number of hydrogen-bond acceptors (Lipinski definition) is 5. The Morgan fingerprint density at radius 1 is 1.23 bits per heavy atom. The van der Waals surface area contributed by atoms with Crippen LogP contribution in [0.25, 0.3) is 11.0 Å². The Bertz CT molecular complexity index is 1010. The summed E-state index contributed by atoms with van der Waals surface area (Å²) in [6.07, 6.45) is 0.329. The normalized spacial score (nSPS) is 11.4. The van der Waals surface area contributed by atoms with Gasteiger partial charge in [0.25, 0.3) is 0 Å². The number of nitrogens with two attached hydrogens (primary N) is 1. The van der Waals surface area contributed by atoms with E-state index in [0.29, 0.717) is 34.8 Å². The first kappa shape index (κ1) is 18.3. The molecule has 0 aliphatic carbocycles. The molecule has 26 heavy (non-hydrogen) atoms. The first-order valence-electron chi connectivity index (χ1n) is 8.39. The van der Waals surface area contributed by atoms with Gasteiger partial charge in [-0.25, -0.2) is 4.79 Å². The summed E-state index contributed by atoms with van der Waals surface area (Å²) in [7, 11) is 1.98. The van der Waals surface area contributed by atoms with E-state index in [0.717, 1.165) is 23.1 Å². The minimum atomic E-state index is -0.430. The summed E-state index contributed by atoms with van der Waals surface area (Å²) in [6, 6.07) is 10.2. The highest BCUT2D eigenvalue weighted by Gasteiger charge is 2.18. The predicted octanol–water partition coefficient (Wildman–Crippen LogP) is 3.78. The number of rotatable bonds is 5. The van der Waals surface area contributed by atoms with Gasteiger partial charge >= 0.3 is 5.63 Å². The van der Waals surface area contributed by atoms with Crippen molar-refractivity contribution in [3.8, 4) is 5.75 Å². The number of benzene rings is 2. The number of anilines is 1. The van der Waals surface area contributed by atoms with Crippen molar-refractivity contribution in [2.75, 3.05) is 19.3 Å². The lowest BCUT2D eigenvalue weighted by molar-refractivity contribution is 0.344. The van der Waals surface area contributed by atoms with E-state index in [1.807, 2.05) is 26.1 Å². The van der Waals surface area contributed by atoms with E-state index in [1.54, 1.807) is 18.2 Å². The Balaban J connectivity index is 2.21. The van der Waals surface area contributed by atoms with Gasteiger partial charge in [0.1, 0.15) is 11.3 Å². The van der Waals surface area contributed by atoms with Crippen molar-refractivity contribution in [3.63, 3.8) is 0 Å². The van der Waals surface area contributed by atoms with Gasteiger partial charge in [-0.15, -0.1) is 0 Å². The van der Waals surface area contributed by atoms with Gasteiger partial charge in [-0.1, -0.05) is 30.7 Å². The molecule has 3 aromatic rings. The van der Waals surface area contributed by atoms with Crippen molar-refractivity contribution in [3.05, 3.63) is 68.5 Å². The summed E-state index contributed by atoms with van der Waals surface area (Å²) >= 11 is 6.32. The van der Waals surface area contributed by atoms with Crippen LogP contribution in [0, 0.1) is 0 Å². The molecular formula is C20H21ClN2O3. The van der Waals surface area contributed by atoms with Crippen LogP contribution in [0.15, 0.2) is 45.6 Å². The largest absolute Gasteiger partial charge is 0.508 e. The highest BCUT2D eigenvalue weighted by atomic mass is 35.5. The van der Waals surface area contributed by atoms with Crippen molar-refractivity contribution < 1.29 is 9.52 Å². The molecule has 3 rings (SSSR count). The molecule has 3 N–H and O–H groups in total. The van der Waals surface area contributed by atoms with Crippen LogP contribution < -0.4 is 11.4 Å². The monoisotopic (exact) mass is 372 g/mol. The van der Waals surface area contributed by atoms with E-state index in [-0.39, 0.29) is 5.75 Å². The molecule has 1 aromatic heterocycles. The van der Waals surface area contributed by atoms with Gasteiger partial charge in [0.15, 0.2) is 0 Å². The van der Waals surface area contributed by atoms with E-state index in [9.17, 15) is 9.90 Å². The first-order valence-corrected chi connectivity index (χ1v) is 8.77. The first-order chi connectivity index (χ1) is 12.4. The summed E-state index contributed by atoms with van der Waals surface area (Å²) < 4.78 is 5.46. The maximum Gasteiger partial charge on any atom is 0.340 e. The smallest absolute Gasteiger partial charge is 0.340 e. The summed E-state index contributed by atoms with van der Waals surface area (Å²) in [5.74, 6) is 0.0575. The summed E-state index contributed by atoms with van der Waals surface area (Å²) in [5, 5.41) is 11.0. The molecule has 0 saturated carbocycles. The second-order valence-corrected chi connectivity index (χ2v) is 6.73. The molecule has 0 bridgehead atoms. The summed E-state index contributed by atoms with van der Waals surface area (Å²) in [6.45, 7) is 3.46. The molecule has 1 heterocycles. The number of phenols is 1. The maximum atomic E-state index is 12.7. The number of nitrogens with zero attached hydrogens (tertiary/aromatic N) is 1. The third-order valence-corrected chi connectivity index (χ3v) is 5.01. The van der Waals surface area contributed by atoms with Gasteiger partial charge in [-0.3, -0.25) is 0 Å². The number of aromatic hydroxyl groups is 1. The number of hydrogen-bond donors (Lipinski definition) is 2. The standard InChI is InChI=1S/C20H21ClN2O3/c1-3-23(2)11-16-14-8-7-13(24)10-18(14)26-20(25)15(16)9-12-5-4-6-17(22)19(12)21/h4-8,10,24H,3,9,11,22H2,1-2H3. The van der Waals surface area contributed by atoms with E-state index in [2.05, 4.69) is 4.90 Å². The van der Waals surface area contributed by atoms with E-state index in [1.165, 1.54) is 6.07 Å². The van der Waals surface area contributed by atoms with Crippen molar-refractivity contribution in [1.29, 1.82) is 0 Å². The highest BCUT2D eigenvalue weighted by Crippen LogP contribution is 2.29. The fourth-order valence-electron chi connectivity index (χ4n) is 2.96. The maximum absolute atomic E-state index is 12.7. The second kappa shape index (κ2) is 7.40. The fraction of sp³-hybridized carbons (Fsp3) is 0.250. The predicted molar refractivity (Wildman–Crippen MR) is 105 cm³/mol. The van der Waals surface area contributed by atoms with Crippen molar-refractivity contribution in [2.45, 2.75) is 19.9 Å². The molecular weight excluding hydrogens is 352 g/mol. The van der Waals surface area contributed by atoms with Crippen LogP contribution in [0.4, 0.5) is 5.69 Å². The topological polar surface area (TPSA) is 79.7 Å². The number of fused-ring (bicyclic) bond motifs is 1. The van der Waals surface area contributed by atoms with Gasteiger partial charge in [0, 0.05) is 30.0 Å². The lowest BCUT2D eigenvalue weighted by atomic mass is 9.97. The highest BCUT2D eigenvalue weighted by molar-refractivity contribution is 6.33. The van der Waals surface area contributed by atoms with E-state index in [4.69, 9.17) is 21.8 Å². The van der Waals surface area contributed by atoms with Crippen LogP contribution >= 0.6 is 11.6 Å². The molecule has 2 aromatic carbocycles. The molecule has 5 nitrogen and oxygen atoms in total. The van der Waals surface area contributed by atoms with Crippen LogP contribution in [0.1, 0.15) is 23.6 Å². The molecule has 0 fully saturated rings. The molecule has 0 atom stereocenters. The third-order valence-electron chi connectivity index (χ3n) is 4.55. The lowest BCUT2D eigenvalue weighted by Crippen LogP contribution is -2.21. The van der Waals surface area contributed by atoms with Crippen LogP contribution in [0.5, 0.6) is 5.75 Å². The zero-order valence-corrected chi connectivity index (χ0v) is 15.5. The molecule has 0 unspecified atom stereocenters. The summed E-state index contributed by atoms with van der Waals surface area (Å²) in [5.41, 5.74) is 8.51.